The number of benzene rings is 2. The molecule has 0 aliphatic heterocycles. The molecule has 132 valence electrons. The minimum atomic E-state index is -0.647. The van der Waals surface area contributed by atoms with E-state index in [2.05, 4.69) is 10.6 Å². The van der Waals surface area contributed by atoms with Crippen molar-refractivity contribution in [2.24, 2.45) is 5.73 Å². The number of carbonyl (C=O) groups is 2. The summed E-state index contributed by atoms with van der Waals surface area (Å²) >= 11 is 6.27. The van der Waals surface area contributed by atoms with E-state index < -0.39 is 6.03 Å². The van der Waals surface area contributed by atoms with Crippen LogP contribution in [0.25, 0.3) is 0 Å². The molecular weight excluding hydrogens is 340 g/mol. The first-order valence-electron chi connectivity index (χ1n) is 7.74. The fourth-order valence-electron chi connectivity index (χ4n) is 2.45. The number of hydrogen-bond acceptors (Lipinski definition) is 3. The van der Waals surface area contributed by atoms with Gasteiger partial charge in [0.15, 0.2) is 0 Å². The molecule has 2 aromatic rings. The predicted molar refractivity (Wildman–Crippen MR) is 99.9 cm³/mol. The Morgan fingerprint density at radius 1 is 1.12 bits per heavy atom. The Bertz CT molecular complexity index is 747. The molecule has 4 N–H and O–H groups in total. The van der Waals surface area contributed by atoms with E-state index in [9.17, 15) is 9.59 Å². The van der Waals surface area contributed by atoms with Gasteiger partial charge in [-0.1, -0.05) is 29.8 Å². The fourth-order valence-corrected chi connectivity index (χ4v) is 2.72. The number of anilines is 1. The van der Waals surface area contributed by atoms with Crippen LogP contribution in [0.1, 0.15) is 22.0 Å². The number of nitrogens with zero attached hydrogens (tertiary/aromatic N) is 1. The van der Waals surface area contributed by atoms with Crippen LogP contribution >= 0.6 is 11.6 Å². The summed E-state index contributed by atoms with van der Waals surface area (Å²) in [6.45, 7) is 0.414. The van der Waals surface area contributed by atoms with Crippen LogP contribution in [0, 0.1) is 0 Å². The molecular formula is C18H21ClN4O2. The highest BCUT2D eigenvalue weighted by atomic mass is 35.5. The number of hydrogen-bond donors (Lipinski definition) is 3. The highest BCUT2D eigenvalue weighted by Gasteiger charge is 2.18. The number of primary amides is 1. The molecule has 0 aliphatic rings. The summed E-state index contributed by atoms with van der Waals surface area (Å²) in [6, 6.07) is 13.4. The van der Waals surface area contributed by atoms with Gasteiger partial charge in [-0.05, 0) is 50.0 Å². The second kappa shape index (κ2) is 8.50. The molecule has 0 fully saturated rings. The summed E-state index contributed by atoms with van der Waals surface area (Å²) in [6.07, 6.45) is 0. The van der Waals surface area contributed by atoms with E-state index in [1.807, 2.05) is 43.3 Å². The third kappa shape index (κ3) is 5.20. The highest BCUT2D eigenvalue weighted by molar-refractivity contribution is 6.31. The number of rotatable bonds is 6. The molecule has 1 atom stereocenters. The third-order valence-electron chi connectivity index (χ3n) is 3.76. The first kappa shape index (κ1) is 18.8. The van der Waals surface area contributed by atoms with E-state index in [0.29, 0.717) is 22.8 Å². The molecule has 0 saturated carbocycles. The second-order valence-electron chi connectivity index (χ2n) is 5.78. The lowest BCUT2D eigenvalue weighted by atomic mass is 10.1. The van der Waals surface area contributed by atoms with Crippen molar-refractivity contribution in [3.05, 3.63) is 64.7 Å². The van der Waals surface area contributed by atoms with Gasteiger partial charge in [-0.3, -0.25) is 4.79 Å². The van der Waals surface area contributed by atoms with E-state index >= 15 is 0 Å². The maximum Gasteiger partial charge on any atom is 0.316 e. The van der Waals surface area contributed by atoms with Gasteiger partial charge < -0.3 is 21.3 Å². The van der Waals surface area contributed by atoms with E-state index in [4.69, 9.17) is 17.3 Å². The van der Waals surface area contributed by atoms with Gasteiger partial charge in [0.1, 0.15) is 0 Å². The standard InChI is InChI=1S/C18H21ClN4O2/c1-23(2)16(14-5-3-4-6-15(14)19)11-21-17(24)12-7-9-13(10-8-12)22-18(20)25/h3-10,16H,11H2,1-2H3,(H,21,24)(H3,20,22,25). The van der Waals surface area contributed by atoms with Crippen molar-refractivity contribution in [2.75, 3.05) is 26.0 Å². The van der Waals surface area contributed by atoms with Gasteiger partial charge in [0, 0.05) is 22.8 Å². The van der Waals surface area contributed by atoms with Crippen molar-refractivity contribution in [1.82, 2.24) is 10.2 Å². The zero-order chi connectivity index (χ0) is 18.4. The highest BCUT2D eigenvalue weighted by Crippen LogP contribution is 2.25. The summed E-state index contributed by atoms with van der Waals surface area (Å²) in [5.41, 5.74) is 7.03. The molecule has 0 aliphatic carbocycles. The molecule has 0 spiro atoms. The van der Waals surface area contributed by atoms with Gasteiger partial charge in [-0.2, -0.15) is 0 Å². The van der Waals surface area contributed by atoms with Gasteiger partial charge in [-0.15, -0.1) is 0 Å². The topological polar surface area (TPSA) is 87.5 Å². The zero-order valence-corrected chi connectivity index (χ0v) is 14.9. The van der Waals surface area contributed by atoms with Crippen LogP contribution in [0.4, 0.5) is 10.5 Å². The molecule has 25 heavy (non-hydrogen) atoms. The quantitative estimate of drug-likeness (QED) is 0.740. The lowest BCUT2D eigenvalue weighted by Gasteiger charge is -2.26. The van der Waals surface area contributed by atoms with E-state index in [-0.39, 0.29) is 11.9 Å². The third-order valence-corrected chi connectivity index (χ3v) is 4.10. The molecule has 1 unspecified atom stereocenters. The molecule has 0 aromatic heterocycles. The zero-order valence-electron chi connectivity index (χ0n) is 14.1. The Labute approximate surface area is 152 Å². The molecule has 0 radical (unpaired) electrons. The molecule has 0 bridgehead atoms. The van der Waals surface area contributed by atoms with Gasteiger partial charge in [-0.25, -0.2) is 4.79 Å². The fraction of sp³-hybridized carbons (Fsp3) is 0.222. The second-order valence-corrected chi connectivity index (χ2v) is 6.18. The van der Waals surface area contributed by atoms with Crippen LogP contribution < -0.4 is 16.4 Å². The maximum absolute atomic E-state index is 12.3. The average molecular weight is 361 g/mol. The number of likely N-dealkylation sites (N-methyl/N-ethyl adjacent to an activating group) is 1. The van der Waals surface area contributed by atoms with E-state index in [1.165, 1.54) is 0 Å². The van der Waals surface area contributed by atoms with E-state index in [0.717, 1.165) is 5.56 Å². The lowest BCUT2D eigenvalue weighted by Crippen LogP contribution is -2.34. The largest absolute Gasteiger partial charge is 0.351 e. The Hall–Kier alpha value is -2.57. The number of amides is 3. The van der Waals surface area contributed by atoms with Crippen LogP contribution in [0.15, 0.2) is 48.5 Å². The minimum absolute atomic E-state index is 0.0477. The lowest BCUT2D eigenvalue weighted by molar-refractivity contribution is 0.0942. The van der Waals surface area contributed by atoms with Crippen molar-refractivity contribution in [1.29, 1.82) is 0 Å². The number of halogens is 1. The van der Waals surface area contributed by atoms with Gasteiger partial charge in [0.2, 0.25) is 0 Å². The van der Waals surface area contributed by atoms with Gasteiger partial charge in [0.05, 0.1) is 6.04 Å². The Morgan fingerprint density at radius 3 is 2.32 bits per heavy atom. The van der Waals surface area contributed by atoms with Crippen molar-refractivity contribution < 1.29 is 9.59 Å². The summed E-state index contributed by atoms with van der Waals surface area (Å²) in [7, 11) is 3.87. The molecule has 7 heteroatoms. The van der Waals surface area contributed by atoms with Gasteiger partial charge in [0.25, 0.3) is 5.91 Å². The first-order valence-corrected chi connectivity index (χ1v) is 8.12. The smallest absolute Gasteiger partial charge is 0.316 e. The SMILES string of the molecule is CN(C)C(CNC(=O)c1ccc(NC(N)=O)cc1)c1ccccc1Cl. The predicted octanol–water partition coefficient (Wildman–Crippen LogP) is 2.86. The van der Waals surface area contributed by atoms with Gasteiger partial charge >= 0.3 is 6.03 Å². The van der Waals surface area contributed by atoms with Crippen molar-refractivity contribution >= 4 is 29.2 Å². The molecule has 3 amide bonds. The Morgan fingerprint density at radius 2 is 1.76 bits per heavy atom. The normalized spacial score (nSPS) is 11.8. The van der Waals surface area contributed by atoms with Crippen LogP contribution in [0.3, 0.4) is 0 Å². The molecule has 0 saturated heterocycles. The Balaban J connectivity index is 2.04. The monoisotopic (exact) mass is 360 g/mol. The summed E-state index contributed by atoms with van der Waals surface area (Å²) in [4.78, 5) is 25.2. The van der Waals surface area contributed by atoms with E-state index in [1.54, 1.807) is 24.3 Å². The summed E-state index contributed by atoms with van der Waals surface area (Å²) in [5.74, 6) is -0.204. The van der Waals surface area contributed by atoms with Crippen LogP contribution in [0.2, 0.25) is 5.02 Å². The number of nitrogens with two attached hydrogens (primary N) is 1. The molecule has 2 rings (SSSR count). The van der Waals surface area contributed by atoms with Crippen LogP contribution in [-0.4, -0.2) is 37.5 Å². The maximum atomic E-state index is 12.3. The van der Waals surface area contributed by atoms with Crippen molar-refractivity contribution in [3.63, 3.8) is 0 Å². The molecule has 6 nitrogen and oxygen atoms in total. The van der Waals surface area contributed by atoms with Crippen molar-refractivity contribution in [3.8, 4) is 0 Å². The number of nitrogens with one attached hydrogen (secondary N) is 2. The molecule has 2 aromatic carbocycles. The Kier molecular flexibility index (Phi) is 6.38. The van der Waals surface area contributed by atoms with Crippen LogP contribution in [-0.2, 0) is 0 Å². The number of urea groups is 1. The van der Waals surface area contributed by atoms with Crippen LogP contribution in [0.5, 0.6) is 0 Å². The summed E-state index contributed by atoms with van der Waals surface area (Å²) in [5, 5.41) is 6.03. The van der Waals surface area contributed by atoms with Crippen molar-refractivity contribution in [2.45, 2.75) is 6.04 Å². The minimum Gasteiger partial charge on any atom is -0.351 e. The summed E-state index contributed by atoms with van der Waals surface area (Å²) < 4.78 is 0. The molecule has 0 heterocycles. The number of carbonyl (C=O) groups excluding carboxylic acids is 2. The first-order chi connectivity index (χ1) is 11.9. The average Bonchev–Trinajstić information content (AvgIpc) is 2.56.